The number of fused-ring (bicyclic) bond motifs is 1. The molecule has 2 aromatic heterocycles. The number of hydrogen-bond donors (Lipinski definition) is 2. The summed E-state index contributed by atoms with van der Waals surface area (Å²) in [5.74, 6) is -0.824. The summed E-state index contributed by atoms with van der Waals surface area (Å²) in [5.41, 5.74) is 6.80. The molecule has 1 aromatic carbocycles. The lowest BCUT2D eigenvalue weighted by atomic mass is 10.1. The molecule has 122 valence electrons. The molecule has 0 bridgehead atoms. The molecule has 0 spiro atoms. The number of pyridine rings is 1. The second-order valence-corrected chi connectivity index (χ2v) is 5.30. The van der Waals surface area contributed by atoms with Crippen LogP contribution < -0.4 is 11.1 Å². The number of hydrogen-bond acceptors (Lipinski definition) is 6. The maximum absolute atomic E-state index is 12.3. The molecule has 3 rings (SSSR count). The number of furan rings is 1. The van der Waals surface area contributed by atoms with E-state index in [-0.39, 0.29) is 11.4 Å². The Labute approximate surface area is 141 Å². The van der Waals surface area contributed by atoms with E-state index in [2.05, 4.69) is 15.0 Å². The molecule has 0 atom stereocenters. The molecule has 0 aliphatic rings. The van der Waals surface area contributed by atoms with Crippen LogP contribution in [0.4, 0.5) is 11.5 Å². The maximum Gasteiger partial charge on any atom is 0.337 e. The van der Waals surface area contributed by atoms with E-state index >= 15 is 0 Å². The first-order valence-electron chi connectivity index (χ1n) is 6.83. The van der Waals surface area contributed by atoms with Crippen LogP contribution in [0.3, 0.4) is 0 Å². The van der Waals surface area contributed by atoms with Gasteiger partial charge in [0.1, 0.15) is 11.4 Å². The van der Waals surface area contributed by atoms with E-state index in [0.29, 0.717) is 27.4 Å². The summed E-state index contributed by atoms with van der Waals surface area (Å²) in [6.07, 6.45) is 1.40. The van der Waals surface area contributed by atoms with Gasteiger partial charge in [-0.1, -0.05) is 11.6 Å². The summed E-state index contributed by atoms with van der Waals surface area (Å²) in [5, 5.41) is 3.46. The van der Waals surface area contributed by atoms with E-state index in [1.54, 1.807) is 18.2 Å². The number of nitrogens with one attached hydrogen (secondary N) is 1. The maximum atomic E-state index is 12.3. The Kier molecular flexibility index (Phi) is 4.09. The predicted molar refractivity (Wildman–Crippen MR) is 89.2 cm³/mol. The van der Waals surface area contributed by atoms with Gasteiger partial charge in [0.25, 0.3) is 5.91 Å². The number of anilines is 2. The van der Waals surface area contributed by atoms with Crippen LogP contribution in [-0.2, 0) is 4.74 Å². The van der Waals surface area contributed by atoms with Crippen LogP contribution in [-0.4, -0.2) is 24.0 Å². The third kappa shape index (κ3) is 2.89. The molecule has 0 aliphatic carbocycles. The van der Waals surface area contributed by atoms with Gasteiger partial charge in [0.05, 0.1) is 23.4 Å². The zero-order chi connectivity index (χ0) is 17.3. The lowest BCUT2D eigenvalue weighted by Crippen LogP contribution is -2.13. The molecule has 3 N–H and O–H groups in total. The van der Waals surface area contributed by atoms with E-state index in [0.717, 1.165) is 0 Å². The fourth-order valence-electron chi connectivity index (χ4n) is 2.15. The largest absolute Gasteiger partial charge is 0.465 e. The molecule has 0 aliphatic heterocycles. The number of amides is 1. The van der Waals surface area contributed by atoms with Gasteiger partial charge in [0, 0.05) is 11.6 Å². The fraction of sp³-hybridized carbons (Fsp3) is 0.0625. The van der Waals surface area contributed by atoms with Crippen LogP contribution in [0.15, 0.2) is 40.9 Å². The molecule has 2 heterocycles. The Hall–Kier alpha value is -3.06. The van der Waals surface area contributed by atoms with Crippen LogP contribution in [0.1, 0.15) is 20.9 Å². The minimum atomic E-state index is -0.557. The van der Waals surface area contributed by atoms with Crippen LogP contribution in [0, 0.1) is 0 Å². The van der Waals surface area contributed by atoms with Gasteiger partial charge in [0.15, 0.2) is 0 Å². The highest BCUT2D eigenvalue weighted by Gasteiger charge is 2.20. The summed E-state index contributed by atoms with van der Waals surface area (Å²) in [7, 11) is 1.28. The number of nitrogen functional groups attached to an aromatic ring is 1. The van der Waals surface area contributed by atoms with Gasteiger partial charge >= 0.3 is 5.97 Å². The van der Waals surface area contributed by atoms with E-state index in [9.17, 15) is 9.59 Å². The van der Waals surface area contributed by atoms with Crippen molar-refractivity contribution < 1.29 is 18.7 Å². The van der Waals surface area contributed by atoms with Crippen LogP contribution in [0.25, 0.3) is 11.0 Å². The molecule has 0 fully saturated rings. The number of carbonyl (C=O) groups excluding carboxylic acids is 2. The molecule has 7 nitrogen and oxygen atoms in total. The summed E-state index contributed by atoms with van der Waals surface area (Å²) in [6, 6.07) is 7.73. The number of carbonyl (C=O) groups is 2. The number of esters is 1. The highest BCUT2D eigenvalue weighted by molar-refractivity contribution is 6.30. The van der Waals surface area contributed by atoms with Crippen molar-refractivity contribution in [2.24, 2.45) is 0 Å². The van der Waals surface area contributed by atoms with Gasteiger partial charge in [0.2, 0.25) is 5.76 Å². The fourth-order valence-corrected chi connectivity index (χ4v) is 2.26. The number of halogens is 1. The summed E-state index contributed by atoms with van der Waals surface area (Å²) < 4.78 is 10.1. The average molecular weight is 346 g/mol. The first-order chi connectivity index (χ1) is 11.5. The zero-order valence-electron chi connectivity index (χ0n) is 12.5. The van der Waals surface area contributed by atoms with Crippen molar-refractivity contribution in [1.29, 1.82) is 0 Å². The molecular formula is C16H12ClN3O4. The smallest absolute Gasteiger partial charge is 0.337 e. The van der Waals surface area contributed by atoms with Crippen molar-refractivity contribution >= 4 is 46.0 Å². The van der Waals surface area contributed by atoms with Crippen LogP contribution in [0.5, 0.6) is 0 Å². The molecule has 0 saturated carbocycles. The van der Waals surface area contributed by atoms with Gasteiger partial charge in [-0.25, -0.2) is 9.78 Å². The number of rotatable bonds is 3. The minimum absolute atomic E-state index is 0.0660. The monoisotopic (exact) mass is 345 g/mol. The Morgan fingerprint density at radius 3 is 2.75 bits per heavy atom. The second kappa shape index (κ2) is 6.21. The number of nitrogens with zero attached hydrogens (tertiary/aromatic N) is 1. The average Bonchev–Trinajstić information content (AvgIpc) is 2.92. The van der Waals surface area contributed by atoms with Crippen molar-refractivity contribution in [3.63, 3.8) is 0 Å². The molecule has 3 aromatic rings. The molecule has 0 unspecified atom stereocenters. The number of nitrogens with two attached hydrogens (primary N) is 1. The van der Waals surface area contributed by atoms with Crippen LogP contribution >= 0.6 is 11.6 Å². The highest BCUT2D eigenvalue weighted by atomic mass is 35.5. The number of methoxy groups -OCH3 is 1. The van der Waals surface area contributed by atoms with E-state index in [4.69, 9.17) is 21.8 Å². The normalized spacial score (nSPS) is 10.6. The summed E-state index contributed by atoms with van der Waals surface area (Å²) >= 11 is 5.74. The molecule has 8 heteroatoms. The van der Waals surface area contributed by atoms with Crippen molar-refractivity contribution in [2.45, 2.75) is 0 Å². The molecule has 1 amide bonds. The van der Waals surface area contributed by atoms with Crippen molar-refractivity contribution in [1.82, 2.24) is 4.98 Å². The van der Waals surface area contributed by atoms with E-state index in [1.807, 2.05) is 0 Å². The minimum Gasteiger partial charge on any atom is -0.465 e. The standard InChI is InChI=1S/C16H12ClN3O4/c1-23-16(22)8-2-4-11-10(6-8)13(18)14(24-11)15(21)20-12-5-3-9(17)7-19-12/h2-7H,18H2,1H3,(H,19,20,21). The summed E-state index contributed by atoms with van der Waals surface area (Å²) in [4.78, 5) is 27.9. The number of aromatic nitrogens is 1. The Bertz CT molecular complexity index is 934. The topological polar surface area (TPSA) is 107 Å². The van der Waals surface area contributed by atoms with Gasteiger partial charge < -0.3 is 20.2 Å². The van der Waals surface area contributed by atoms with Gasteiger partial charge in [-0.3, -0.25) is 4.79 Å². The highest BCUT2D eigenvalue weighted by Crippen LogP contribution is 2.30. The molecule has 0 saturated heterocycles. The van der Waals surface area contributed by atoms with Gasteiger partial charge in [-0.15, -0.1) is 0 Å². The van der Waals surface area contributed by atoms with Crippen LogP contribution in [0.2, 0.25) is 5.02 Å². The van der Waals surface area contributed by atoms with Crippen molar-refractivity contribution in [3.8, 4) is 0 Å². The van der Waals surface area contributed by atoms with Gasteiger partial charge in [-0.05, 0) is 30.3 Å². The summed E-state index contributed by atoms with van der Waals surface area (Å²) in [6.45, 7) is 0. The van der Waals surface area contributed by atoms with E-state index in [1.165, 1.54) is 25.4 Å². The molecule has 0 radical (unpaired) electrons. The predicted octanol–water partition coefficient (Wildman–Crippen LogP) is 3.10. The van der Waals surface area contributed by atoms with Crippen molar-refractivity contribution in [2.75, 3.05) is 18.2 Å². The first kappa shape index (κ1) is 15.8. The zero-order valence-corrected chi connectivity index (χ0v) is 13.3. The third-order valence-corrected chi connectivity index (χ3v) is 3.55. The lowest BCUT2D eigenvalue weighted by Gasteiger charge is -2.02. The number of ether oxygens (including phenoxy) is 1. The Morgan fingerprint density at radius 1 is 1.29 bits per heavy atom. The van der Waals surface area contributed by atoms with Gasteiger partial charge in [-0.2, -0.15) is 0 Å². The second-order valence-electron chi connectivity index (χ2n) is 4.86. The van der Waals surface area contributed by atoms with Crippen molar-refractivity contribution in [3.05, 3.63) is 52.9 Å². The quantitative estimate of drug-likeness (QED) is 0.706. The number of benzene rings is 1. The van der Waals surface area contributed by atoms with E-state index < -0.39 is 11.9 Å². The Balaban J connectivity index is 1.94. The first-order valence-corrected chi connectivity index (χ1v) is 7.20. The molecule has 24 heavy (non-hydrogen) atoms. The lowest BCUT2D eigenvalue weighted by molar-refractivity contribution is 0.0601. The Morgan fingerprint density at radius 2 is 2.08 bits per heavy atom. The SMILES string of the molecule is COC(=O)c1ccc2oc(C(=O)Nc3ccc(Cl)cn3)c(N)c2c1. The third-order valence-electron chi connectivity index (χ3n) is 3.32. The molecular weight excluding hydrogens is 334 g/mol.